The maximum atomic E-state index is 12.2. The number of carbonyl (C=O) groups excluding carboxylic acids is 2. The summed E-state index contributed by atoms with van der Waals surface area (Å²) in [4.78, 5) is 23.9. The first-order valence-corrected chi connectivity index (χ1v) is 6.05. The SMILES string of the molecule is CC1(C)[C@@]2(C)CC[C@@]1(C(=O)NCC(F)(F)F)OC2=O. The standard InChI is InChI=1S/C12H16F3NO3/c1-9(2)10(3)4-5-11(9,19-8(10)18)7(17)16-6-12(13,14)15/h4-6H2,1-3H3,(H,16,17)/t10-,11-/m0/s1. The van der Waals surface area contributed by atoms with Gasteiger partial charge >= 0.3 is 12.1 Å². The van der Waals surface area contributed by atoms with Gasteiger partial charge < -0.3 is 10.1 Å². The average Bonchev–Trinajstić information content (AvgIpc) is 2.55. The number of hydrogen-bond donors (Lipinski definition) is 1. The van der Waals surface area contributed by atoms with Gasteiger partial charge in [0.2, 0.25) is 0 Å². The third-order valence-electron chi connectivity index (χ3n) is 4.90. The minimum atomic E-state index is -4.49. The number of fused-ring (bicyclic) bond motifs is 2. The highest BCUT2D eigenvalue weighted by Gasteiger charge is 2.75. The van der Waals surface area contributed by atoms with Gasteiger partial charge in [0.05, 0.1) is 5.41 Å². The Bertz CT molecular complexity index is 446. The fraction of sp³-hybridized carbons (Fsp3) is 0.833. The molecular formula is C12H16F3NO3. The number of hydrogen-bond acceptors (Lipinski definition) is 3. The summed E-state index contributed by atoms with van der Waals surface area (Å²) >= 11 is 0. The fourth-order valence-corrected chi connectivity index (χ4v) is 3.07. The van der Waals surface area contributed by atoms with Crippen molar-refractivity contribution in [3.05, 3.63) is 0 Å². The number of amides is 1. The van der Waals surface area contributed by atoms with E-state index in [-0.39, 0.29) is 6.42 Å². The van der Waals surface area contributed by atoms with E-state index in [9.17, 15) is 22.8 Å². The number of rotatable bonds is 2. The molecule has 2 rings (SSSR count). The van der Waals surface area contributed by atoms with Crippen molar-refractivity contribution in [1.29, 1.82) is 0 Å². The summed E-state index contributed by atoms with van der Waals surface area (Å²) in [6.07, 6.45) is -3.79. The molecule has 1 saturated carbocycles. The van der Waals surface area contributed by atoms with Crippen LogP contribution in [0.1, 0.15) is 33.6 Å². The summed E-state index contributed by atoms with van der Waals surface area (Å²) < 4.78 is 41.7. The molecular weight excluding hydrogens is 263 g/mol. The minimum absolute atomic E-state index is 0.256. The van der Waals surface area contributed by atoms with Crippen molar-refractivity contribution in [2.24, 2.45) is 10.8 Å². The second-order valence-electron chi connectivity index (χ2n) is 5.97. The average molecular weight is 279 g/mol. The zero-order valence-corrected chi connectivity index (χ0v) is 11.0. The molecule has 0 unspecified atom stereocenters. The second kappa shape index (κ2) is 3.64. The molecule has 1 aliphatic carbocycles. The summed E-state index contributed by atoms with van der Waals surface area (Å²) in [7, 11) is 0. The Morgan fingerprint density at radius 3 is 2.26 bits per heavy atom. The molecule has 19 heavy (non-hydrogen) atoms. The van der Waals surface area contributed by atoms with Gasteiger partial charge in [0.25, 0.3) is 5.91 Å². The molecule has 2 bridgehead atoms. The number of alkyl halides is 3. The molecule has 2 fully saturated rings. The van der Waals surface area contributed by atoms with E-state index in [2.05, 4.69) is 0 Å². The molecule has 0 radical (unpaired) electrons. The molecule has 4 nitrogen and oxygen atoms in total. The molecule has 1 heterocycles. The number of ether oxygens (including phenoxy) is 1. The third kappa shape index (κ3) is 1.66. The van der Waals surface area contributed by atoms with Crippen LogP contribution in [0.5, 0.6) is 0 Å². The Hall–Kier alpha value is -1.27. The van der Waals surface area contributed by atoms with E-state index < -0.39 is 41.0 Å². The van der Waals surface area contributed by atoms with E-state index in [0.717, 1.165) is 0 Å². The molecule has 0 aromatic heterocycles. The van der Waals surface area contributed by atoms with E-state index in [0.29, 0.717) is 6.42 Å². The largest absolute Gasteiger partial charge is 0.448 e. The summed E-state index contributed by atoms with van der Waals surface area (Å²) in [6.45, 7) is 3.66. The Morgan fingerprint density at radius 1 is 1.32 bits per heavy atom. The minimum Gasteiger partial charge on any atom is -0.448 e. The number of halogens is 3. The van der Waals surface area contributed by atoms with Crippen LogP contribution in [0.15, 0.2) is 0 Å². The van der Waals surface area contributed by atoms with Gasteiger partial charge in [-0.25, -0.2) is 0 Å². The van der Waals surface area contributed by atoms with Crippen molar-refractivity contribution < 1.29 is 27.5 Å². The van der Waals surface area contributed by atoms with Crippen LogP contribution in [0, 0.1) is 10.8 Å². The maximum absolute atomic E-state index is 12.2. The van der Waals surface area contributed by atoms with Crippen LogP contribution < -0.4 is 5.32 Å². The van der Waals surface area contributed by atoms with E-state index in [1.165, 1.54) is 0 Å². The van der Waals surface area contributed by atoms with Gasteiger partial charge in [0.15, 0.2) is 5.60 Å². The first kappa shape index (κ1) is 14.1. The zero-order chi connectivity index (χ0) is 14.7. The van der Waals surface area contributed by atoms with Crippen LogP contribution in [0.3, 0.4) is 0 Å². The van der Waals surface area contributed by atoms with Crippen LogP contribution in [0.2, 0.25) is 0 Å². The molecule has 1 aliphatic heterocycles. The van der Waals surface area contributed by atoms with Crippen molar-refractivity contribution in [1.82, 2.24) is 5.32 Å². The van der Waals surface area contributed by atoms with Crippen molar-refractivity contribution in [3.63, 3.8) is 0 Å². The van der Waals surface area contributed by atoms with Gasteiger partial charge in [-0.15, -0.1) is 0 Å². The van der Waals surface area contributed by atoms with Gasteiger partial charge in [-0.2, -0.15) is 13.2 Å². The van der Waals surface area contributed by atoms with Crippen molar-refractivity contribution in [3.8, 4) is 0 Å². The molecule has 1 N–H and O–H groups in total. The van der Waals surface area contributed by atoms with E-state index in [1.54, 1.807) is 20.8 Å². The number of carbonyl (C=O) groups is 2. The highest BCUT2D eigenvalue weighted by molar-refractivity contribution is 5.96. The van der Waals surface area contributed by atoms with E-state index in [1.807, 2.05) is 5.32 Å². The van der Waals surface area contributed by atoms with Crippen molar-refractivity contribution in [2.45, 2.75) is 45.4 Å². The number of esters is 1. The van der Waals surface area contributed by atoms with Crippen LogP contribution in [-0.4, -0.2) is 30.2 Å². The molecule has 1 saturated heterocycles. The molecule has 1 amide bonds. The monoisotopic (exact) mass is 279 g/mol. The lowest BCUT2D eigenvalue weighted by Crippen LogP contribution is -2.54. The zero-order valence-electron chi connectivity index (χ0n) is 11.0. The van der Waals surface area contributed by atoms with Crippen LogP contribution in [-0.2, 0) is 14.3 Å². The summed E-state index contributed by atoms with van der Waals surface area (Å²) in [5, 5.41) is 1.84. The van der Waals surface area contributed by atoms with Crippen LogP contribution in [0.4, 0.5) is 13.2 Å². The lowest BCUT2D eigenvalue weighted by atomic mass is 9.66. The lowest BCUT2D eigenvalue weighted by molar-refractivity contribution is -0.171. The van der Waals surface area contributed by atoms with Crippen molar-refractivity contribution >= 4 is 11.9 Å². The summed E-state index contributed by atoms with van der Waals surface area (Å²) in [5.74, 6) is -1.37. The van der Waals surface area contributed by atoms with Crippen molar-refractivity contribution in [2.75, 3.05) is 6.54 Å². The molecule has 108 valence electrons. The lowest BCUT2D eigenvalue weighted by Gasteiger charge is -2.35. The van der Waals surface area contributed by atoms with Gasteiger partial charge in [-0.1, -0.05) is 13.8 Å². The smallest absolute Gasteiger partial charge is 0.405 e. The Morgan fingerprint density at radius 2 is 1.89 bits per heavy atom. The molecule has 0 spiro atoms. The number of nitrogens with one attached hydrogen (secondary N) is 1. The van der Waals surface area contributed by atoms with Gasteiger partial charge in [0, 0.05) is 5.41 Å². The molecule has 0 aromatic carbocycles. The maximum Gasteiger partial charge on any atom is 0.405 e. The topological polar surface area (TPSA) is 55.4 Å². The molecule has 2 atom stereocenters. The predicted molar refractivity (Wildman–Crippen MR) is 59.0 cm³/mol. The molecule has 2 aliphatic rings. The van der Waals surface area contributed by atoms with Crippen LogP contribution >= 0.6 is 0 Å². The molecule has 0 aromatic rings. The second-order valence-corrected chi connectivity index (χ2v) is 5.97. The Labute approximate surface area is 108 Å². The molecule has 7 heteroatoms. The fourth-order valence-electron chi connectivity index (χ4n) is 3.07. The van der Waals surface area contributed by atoms with Gasteiger partial charge in [0.1, 0.15) is 6.54 Å². The van der Waals surface area contributed by atoms with E-state index in [4.69, 9.17) is 4.74 Å². The first-order valence-electron chi connectivity index (χ1n) is 6.05. The third-order valence-corrected chi connectivity index (χ3v) is 4.90. The van der Waals surface area contributed by atoms with Gasteiger partial charge in [-0.05, 0) is 19.8 Å². The Balaban J connectivity index is 2.25. The van der Waals surface area contributed by atoms with Gasteiger partial charge in [-0.3, -0.25) is 9.59 Å². The first-order chi connectivity index (χ1) is 8.46. The highest BCUT2D eigenvalue weighted by atomic mass is 19.4. The van der Waals surface area contributed by atoms with E-state index >= 15 is 0 Å². The Kier molecular flexibility index (Phi) is 2.71. The predicted octanol–water partition coefficient (Wildman–Crippen LogP) is 1.79. The summed E-state index contributed by atoms with van der Waals surface area (Å²) in [5.41, 5.74) is -3.13. The van der Waals surface area contributed by atoms with Crippen LogP contribution in [0.25, 0.3) is 0 Å². The normalized spacial score (nSPS) is 36.2. The summed E-state index contributed by atoms with van der Waals surface area (Å²) in [6, 6.07) is 0. The quantitative estimate of drug-likeness (QED) is 0.784. The highest BCUT2D eigenvalue weighted by Crippen LogP contribution is 2.65.